The van der Waals surface area contributed by atoms with Crippen molar-refractivity contribution in [2.45, 2.75) is 64.4 Å². The molecule has 0 bridgehead atoms. The quantitative estimate of drug-likeness (QED) is 0.666. The fourth-order valence-electron chi connectivity index (χ4n) is 1.66. The Labute approximate surface area is 136 Å². The third kappa shape index (κ3) is 4.20. The van der Waals surface area contributed by atoms with E-state index in [-0.39, 0.29) is 17.1 Å². The van der Waals surface area contributed by atoms with Gasteiger partial charge in [-0.2, -0.15) is 5.26 Å². The second-order valence-electron chi connectivity index (χ2n) is 6.02. The number of nitrogens with zero attached hydrogens (tertiary/aromatic N) is 3. The molecule has 0 fully saturated rings. The molecule has 0 aliphatic rings. The lowest BCUT2D eigenvalue weighted by molar-refractivity contribution is -0.121. The van der Waals surface area contributed by atoms with E-state index in [9.17, 15) is 10.1 Å². The predicted molar refractivity (Wildman–Crippen MR) is 88.6 cm³/mol. The van der Waals surface area contributed by atoms with Gasteiger partial charge in [-0.05, 0) is 46.1 Å². The third-order valence-corrected chi connectivity index (χ3v) is 4.99. The highest BCUT2D eigenvalue weighted by molar-refractivity contribution is 8.00. The SMILES string of the molecule is Cc1nc(S[C@H](C)C(=O)N[C@](C)(C#N)C(C)C)nc(C)c1C. The van der Waals surface area contributed by atoms with Gasteiger partial charge < -0.3 is 5.32 Å². The smallest absolute Gasteiger partial charge is 0.234 e. The maximum absolute atomic E-state index is 12.3. The largest absolute Gasteiger partial charge is 0.337 e. The molecule has 1 aromatic heterocycles. The average Bonchev–Trinajstić information content (AvgIpc) is 2.44. The van der Waals surface area contributed by atoms with Crippen LogP contribution in [0.25, 0.3) is 0 Å². The van der Waals surface area contributed by atoms with Gasteiger partial charge in [-0.3, -0.25) is 4.79 Å². The van der Waals surface area contributed by atoms with E-state index in [0.29, 0.717) is 5.16 Å². The Morgan fingerprint density at radius 3 is 2.14 bits per heavy atom. The van der Waals surface area contributed by atoms with Crippen LogP contribution in [0.4, 0.5) is 0 Å². The van der Waals surface area contributed by atoms with Crippen molar-refractivity contribution in [2.24, 2.45) is 5.92 Å². The van der Waals surface area contributed by atoms with Crippen LogP contribution in [-0.2, 0) is 4.79 Å². The summed E-state index contributed by atoms with van der Waals surface area (Å²) >= 11 is 1.31. The minimum Gasteiger partial charge on any atom is -0.337 e. The summed E-state index contributed by atoms with van der Waals surface area (Å²) in [5.41, 5.74) is 2.04. The van der Waals surface area contributed by atoms with Crippen LogP contribution in [0, 0.1) is 38.0 Å². The van der Waals surface area contributed by atoms with Crippen LogP contribution in [0.15, 0.2) is 5.16 Å². The fraction of sp³-hybridized carbons (Fsp3) is 0.625. The van der Waals surface area contributed by atoms with Gasteiger partial charge in [0.05, 0.1) is 11.3 Å². The molecule has 120 valence electrons. The maximum atomic E-state index is 12.3. The number of rotatable bonds is 5. The van der Waals surface area contributed by atoms with Crippen LogP contribution in [0.5, 0.6) is 0 Å². The van der Waals surface area contributed by atoms with Crippen LogP contribution >= 0.6 is 11.8 Å². The Morgan fingerprint density at radius 2 is 1.73 bits per heavy atom. The van der Waals surface area contributed by atoms with E-state index in [1.807, 2.05) is 34.6 Å². The van der Waals surface area contributed by atoms with Gasteiger partial charge in [0.25, 0.3) is 0 Å². The summed E-state index contributed by atoms with van der Waals surface area (Å²) in [6.07, 6.45) is 0. The van der Waals surface area contributed by atoms with Gasteiger partial charge in [0.1, 0.15) is 5.54 Å². The molecule has 0 saturated heterocycles. The molecule has 0 saturated carbocycles. The second-order valence-corrected chi connectivity index (χ2v) is 7.33. The maximum Gasteiger partial charge on any atom is 0.234 e. The monoisotopic (exact) mass is 320 g/mol. The minimum atomic E-state index is -0.869. The molecule has 2 atom stereocenters. The van der Waals surface area contributed by atoms with Gasteiger partial charge in [0.15, 0.2) is 5.16 Å². The first-order valence-corrected chi connectivity index (χ1v) is 8.20. The van der Waals surface area contributed by atoms with Crippen LogP contribution in [-0.4, -0.2) is 26.7 Å². The summed E-state index contributed by atoms with van der Waals surface area (Å²) < 4.78 is 0. The molecular weight excluding hydrogens is 296 g/mol. The van der Waals surface area contributed by atoms with Gasteiger partial charge in [-0.25, -0.2) is 9.97 Å². The van der Waals surface area contributed by atoms with Gasteiger partial charge >= 0.3 is 0 Å². The Hall–Kier alpha value is -1.61. The molecule has 0 aromatic carbocycles. The van der Waals surface area contributed by atoms with Crippen molar-refractivity contribution in [2.75, 3.05) is 0 Å². The predicted octanol–water partition coefficient (Wildman–Crippen LogP) is 2.94. The number of carbonyl (C=O) groups is 1. The number of nitrogens with one attached hydrogen (secondary N) is 1. The van der Waals surface area contributed by atoms with Gasteiger partial charge in [0.2, 0.25) is 5.91 Å². The molecule has 1 rings (SSSR count). The number of carbonyl (C=O) groups excluding carboxylic acids is 1. The molecule has 1 aromatic rings. The Bertz CT molecular complexity index is 586. The molecule has 6 heteroatoms. The zero-order valence-electron chi connectivity index (χ0n) is 14.3. The molecule has 0 radical (unpaired) electrons. The molecular formula is C16H24N4OS. The highest BCUT2D eigenvalue weighted by Gasteiger charge is 2.32. The standard InChI is InChI=1S/C16H24N4OS/c1-9(2)16(7,8-17)20-14(21)13(6)22-15-18-11(4)10(3)12(5)19-15/h9,13H,1-7H3,(H,20,21)/t13-,16-/m1/s1. The van der Waals surface area contributed by atoms with Crippen molar-refractivity contribution < 1.29 is 4.79 Å². The summed E-state index contributed by atoms with van der Waals surface area (Å²) in [5, 5.41) is 12.3. The fourth-order valence-corrected chi connectivity index (χ4v) is 2.53. The molecule has 0 aliphatic heterocycles. The second kappa shape index (κ2) is 7.10. The van der Waals surface area contributed by atoms with Crippen molar-refractivity contribution in [3.63, 3.8) is 0 Å². The number of thioether (sulfide) groups is 1. The van der Waals surface area contributed by atoms with E-state index < -0.39 is 5.54 Å². The highest BCUT2D eigenvalue weighted by Crippen LogP contribution is 2.23. The number of nitriles is 1. The van der Waals surface area contributed by atoms with Crippen LogP contribution < -0.4 is 5.32 Å². The van der Waals surface area contributed by atoms with Crippen LogP contribution in [0.2, 0.25) is 0 Å². The first-order chi connectivity index (χ1) is 10.1. The minimum absolute atomic E-state index is 0.0266. The normalized spacial score (nSPS) is 15.0. The molecule has 0 unspecified atom stereocenters. The molecule has 1 N–H and O–H groups in total. The lowest BCUT2D eigenvalue weighted by Crippen LogP contribution is -2.51. The number of aryl methyl sites for hydroxylation is 2. The van der Waals surface area contributed by atoms with E-state index in [1.54, 1.807) is 13.8 Å². The van der Waals surface area contributed by atoms with E-state index in [4.69, 9.17) is 0 Å². The van der Waals surface area contributed by atoms with Crippen molar-refractivity contribution in [1.82, 2.24) is 15.3 Å². The molecule has 1 heterocycles. The first-order valence-electron chi connectivity index (χ1n) is 7.32. The lowest BCUT2D eigenvalue weighted by atomic mass is 9.90. The van der Waals surface area contributed by atoms with Gasteiger partial charge in [0, 0.05) is 11.4 Å². The molecule has 1 amide bonds. The summed E-state index contributed by atoms with van der Waals surface area (Å²) in [6, 6.07) is 2.18. The number of aromatic nitrogens is 2. The van der Waals surface area contributed by atoms with Gasteiger partial charge in [-0.1, -0.05) is 25.6 Å². The molecule has 0 aliphatic carbocycles. The van der Waals surface area contributed by atoms with E-state index in [1.165, 1.54) is 11.8 Å². The highest BCUT2D eigenvalue weighted by atomic mass is 32.2. The number of hydrogen-bond donors (Lipinski definition) is 1. The molecule has 5 nitrogen and oxygen atoms in total. The Morgan fingerprint density at radius 1 is 1.23 bits per heavy atom. The average molecular weight is 320 g/mol. The third-order valence-electron chi connectivity index (χ3n) is 4.03. The number of hydrogen-bond acceptors (Lipinski definition) is 5. The van der Waals surface area contributed by atoms with E-state index in [2.05, 4.69) is 21.4 Å². The first kappa shape index (κ1) is 18.4. The molecule has 22 heavy (non-hydrogen) atoms. The van der Waals surface area contributed by atoms with Crippen molar-refractivity contribution in [3.8, 4) is 6.07 Å². The van der Waals surface area contributed by atoms with Crippen molar-refractivity contribution in [1.29, 1.82) is 5.26 Å². The van der Waals surface area contributed by atoms with Crippen LogP contribution in [0.1, 0.15) is 44.6 Å². The zero-order chi connectivity index (χ0) is 17.1. The summed E-state index contributed by atoms with van der Waals surface area (Å²) in [6.45, 7) is 13.2. The van der Waals surface area contributed by atoms with Crippen LogP contribution in [0.3, 0.4) is 0 Å². The Balaban J connectivity index is 2.83. The van der Waals surface area contributed by atoms with Crippen molar-refractivity contribution >= 4 is 17.7 Å². The summed E-state index contributed by atoms with van der Waals surface area (Å²) in [4.78, 5) is 21.2. The topological polar surface area (TPSA) is 78.7 Å². The van der Waals surface area contributed by atoms with Gasteiger partial charge in [-0.15, -0.1) is 0 Å². The Kier molecular flexibility index (Phi) is 5.95. The number of amides is 1. The van der Waals surface area contributed by atoms with E-state index in [0.717, 1.165) is 17.0 Å². The van der Waals surface area contributed by atoms with Crippen molar-refractivity contribution in [3.05, 3.63) is 17.0 Å². The molecule has 0 spiro atoms. The van der Waals surface area contributed by atoms with E-state index >= 15 is 0 Å². The lowest BCUT2D eigenvalue weighted by Gasteiger charge is -2.28. The summed E-state index contributed by atoms with van der Waals surface area (Å²) in [7, 11) is 0. The zero-order valence-corrected chi connectivity index (χ0v) is 15.1. The summed E-state index contributed by atoms with van der Waals surface area (Å²) in [5.74, 6) is -0.152.